The molecule has 0 aromatic heterocycles. The summed E-state index contributed by atoms with van der Waals surface area (Å²) in [4.78, 5) is 0. The molecule has 166 valence electrons. The molecule has 0 bridgehead atoms. The molecule has 1 aliphatic rings. The number of nitrogens with zero attached hydrogens (tertiary/aromatic N) is 1. The van der Waals surface area contributed by atoms with E-state index in [-0.39, 0.29) is 11.5 Å². The van der Waals surface area contributed by atoms with Gasteiger partial charge in [-0.25, -0.2) is 11.4 Å². The molecule has 7 heteroatoms. The number of fused-ring (bicyclic) bond motifs is 2. The van der Waals surface area contributed by atoms with E-state index in [0.717, 1.165) is 24.0 Å². The highest BCUT2D eigenvalue weighted by molar-refractivity contribution is 5.77. The molecule has 0 spiro atoms. The van der Waals surface area contributed by atoms with Crippen molar-refractivity contribution < 1.29 is 0 Å². The Balaban J connectivity index is 0.000000501. The summed E-state index contributed by atoms with van der Waals surface area (Å²) in [6.45, 7) is 13.7. The topological polar surface area (TPSA) is 154 Å². The third-order valence-corrected chi connectivity index (χ3v) is 5.49. The SMILES string of the molecule is C/C(N)=N/NN.C=C(N)c1ccc2c(c1)Cc1cc(C(=C)N)ccc1C2(C)CC(C)N. The van der Waals surface area contributed by atoms with Crippen LogP contribution in [0.1, 0.15) is 60.6 Å². The van der Waals surface area contributed by atoms with Gasteiger partial charge in [0.05, 0.1) is 0 Å². The van der Waals surface area contributed by atoms with Gasteiger partial charge in [-0.2, -0.15) is 5.10 Å². The lowest BCUT2D eigenvalue weighted by Crippen LogP contribution is -2.36. The molecule has 11 N–H and O–H groups in total. The molecule has 2 aromatic rings. The molecule has 31 heavy (non-hydrogen) atoms. The van der Waals surface area contributed by atoms with Crippen LogP contribution in [0, 0.1) is 0 Å². The van der Waals surface area contributed by atoms with Crippen LogP contribution in [0.2, 0.25) is 0 Å². The quantitative estimate of drug-likeness (QED) is 0.188. The summed E-state index contributed by atoms with van der Waals surface area (Å²) in [5.74, 6) is 5.14. The van der Waals surface area contributed by atoms with Gasteiger partial charge in [0.2, 0.25) is 0 Å². The molecule has 0 fully saturated rings. The zero-order chi connectivity index (χ0) is 23.3. The minimum absolute atomic E-state index is 0.0945. The van der Waals surface area contributed by atoms with Crippen molar-refractivity contribution in [1.29, 1.82) is 0 Å². The number of hydrazone groups is 1. The van der Waals surface area contributed by atoms with Crippen LogP contribution in [0.25, 0.3) is 11.4 Å². The van der Waals surface area contributed by atoms with E-state index in [1.165, 1.54) is 22.3 Å². The van der Waals surface area contributed by atoms with E-state index in [0.29, 0.717) is 17.2 Å². The molecule has 1 unspecified atom stereocenters. The monoisotopic (exact) mass is 421 g/mol. The Hall–Kier alpha value is -3.29. The average molecular weight is 422 g/mol. The van der Waals surface area contributed by atoms with Crippen LogP contribution in [-0.4, -0.2) is 11.9 Å². The molecule has 1 aliphatic carbocycles. The van der Waals surface area contributed by atoms with Crippen LogP contribution in [0.15, 0.2) is 54.7 Å². The first-order valence-corrected chi connectivity index (χ1v) is 10.2. The molecular weight excluding hydrogens is 386 g/mol. The van der Waals surface area contributed by atoms with Gasteiger partial charge < -0.3 is 22.9 Å². The Labute approximate surface area is 185 Å². The van der Waals surface area contributed by atoms with Crippen LogP contribution in [0.3, 0.4) is 0 Å². The van der Waals surface area contributed by atoms with E-state index in [1.807, 2.05) is 5.53 Å². The molecule has 7 nitrogen and oxygen atoms in total. The number of hydrogen-bond donors (Lipinski definition) is 6. The van der Waals surface area contributed by atoms with Crippen LogP contribution in [0.4, 0.5) is 0 Å². The van der Waals surface area contributed by atoms with Crippen molar-refractivity contribution in [2.24, 2.45) is 33.9 Å². The number of hydrazine groups is 1. The zero-order valence-electron chi connectivity index (χ0n) is 18.7. The second kappa shape index (κ2) is 9.68. The van der Waals surface area contributed by atoms with Gasteiger partial charge in [-0.05, 0) is 72.2 Å². The number of benzene rings is 2. The summed E-state index contributed by atoms with van der Waals surface area (Å²) in [5, 5.41) is 3.35. The molecule has 1 atom stereocenters. The minimum Gasteiger partial charge on any atom is -0.399 e. The molecule has 0 aliphatic heterocycles. The predicted molar refractivity (Wildman–Crippen MR) is 131 cm³/mol. The molecule has 0 saturated heterocycles. The summed E-state index contributed by atoms with van der Waals surface area (Å²) in [6.07, 6.45) is 1.72. The van der Waals surface area contributed by atoms with E-state index in [1.54, 1.807) is 6.92 Å². The first kappa shape index (κ1) is 24.0. The Kier molecular flexibility index (Phi) is 7.49. The maximum atomic E-state index is 6.21. The van der Waals surface area contributed by atoms with Gasteiger partial charge in [-0.1, -0.05) is 44.3 Å². The van der Waals surface area contributed by atoms with Gasteiger partial charge in [0.15, 0.2) is 0 Å². The smallest absolute Gasteiger partial charge is 0.118 e. The average Bonchev–Trinajstić information content (AvgIpc) is 2.67. The summed E-state index contributed by atoms with van der Waals surface area (Å²) >= 11 is 0. The Bertz CT molecular complexity index is 937. The number of nitrogens with one attached hydrogen (secondary N) is 1. The van der Waals surface area contributed by atoms with Crippen molar-refractivity contribution >= 4 is 17.2 Å². The summed E-state index contributed by atoms with van der Waals surface area (Å²) in [7, 11) is 0. The summed E-state index contributed by atoms with van der Waals surface area (Å²) in [5.41, 5.74) is 33.3. The number of amidine groups is 1. The fourth-order valence-electron chi connectivity index (χ4n) is 4.27. The third kappa shape index (κ3) is 5.45. The molecule has 0 heterocycles. The molecule has 2 aromatic carbocycles. The number of hydrogen-bond acceptors (Lipinski definition) is 6. The fourth-order valence-corrected chi connectivity index (χ4v) is 4.27. The highest BCUT2D eigenvalue weighted by Crippen LogP contribution is 2.45. The van der Waals surface area contributed by atoms with Crippen molar-refractivity contribution in [3.05, 3.63) is 82.9 Å². The van der Waals surface area contributed by atoms with E-state index < -0.39 is 0 Å². The molecule has 3 rings (SSSR count). The first-order valence-electron chi connectivity index (χ1n) is 10.2. The van der Waals surface area contributed by atoms with Gasteiger partial charge >= 0.3 is 0 Å². The Morgan fingerprint density at radius 1 is 1.03 bits per heavy atom. The lowest BCUT2D eigenvalue weighted by atomic mass is 9.64. The van der Waals surface area contributed by atoms with Gasteiger partial charge in [-0.15, -0.1) is 0 Å². The van der Waals surface area contributed by atoms with Crippen molar-refractivity contribution in [1.82, 2.24) is 5.53 Å². The number of rotatable bonds is 5. The highest BCUT2D eigenvalue weighted by atomic mass is 15.5. The van der Waals surface area contributed by atoms with Crippen molar-refractivity contribution in [3.8, 4) is 0 Å². The molecule has 0 radical (unpaired) electrons. The summed E-state index contributed by atoms with van der Waals surface area (Å²) in [6, 6.07) is 12.9. The largest absolute Gasteiger partial charge is 0.399 e. The van der Waals surface area contributed by atoms with E-state index in [2.05, 4.69) is 68.5 Å². The zero-order valence-corrected chi connectivity index (χ0v) is 18.7. The van der Waals surface area contributed by atoms with Gasteiger partial charge in [0, 0.05) is 22.9 Å². The fraction of sp³-hybridized carbons (Fsp3) is 0.292. The lowest BCUT2D eigenvalue weighted by molar-refractivity contribution is 0.457. The maximum Gasteiger partial charge on any atom is 0.118 e. The van der Waals surface area contributed by atoms with Crippen LogP contribution in [0.5, 0.6) is 0 Å². The molecular formula is C24H35N7. The van der Waals surface area contributed by atoms with Crippen molar-refractivity contribution in [2.45, 2.75) is 45.1 Å². The standard InChI is InChI=1S/C22H27N3.C2H8N4/c1-13(23)12-22(4)20-7-5-16(14(2)24)9-18(20)11-19-10-17(15(3)25)6-8-21(19)22;1-2(3)5-6-4/h5-10,13H,2-3,11-12,23-25H2,1,4H3;6H,4H2,1H3,(H2,3,5). The van der Waals surface area contributed by atoms with Crippen LogP contribution >= 0.6 is 0 Å². The van der Waals surface area contributed by atoms with Gasteiger partial charge in [0.25, 0.3) is 0 Å². The van der Waals surface area contributed by atoms with E-state index >= 15 is 0 Å². The Morgan fingerprint density at radius 3 is 1.77 bits per heavy atom. The lowest BCUT2D eigenvalue weighted by Gasteiger charge is -2.40. The van der Waals surface area contributed by atoms with Gasteiger partial charge in [0.1, 0.15) is 5.84 Å². The minimum atomic E-state index is -0.139. The Morgan fingerprint density at radius 2 is 1.48 bits per heavy atom. The molecule has 0 amide bonds. The first-order chi connectivity index (χ1) is 14.5. The summed E-state index contributed by atoms with van der Waals surface area (Å²) < 4.78 is 0. The predicted octanol–water partition coefficient (Wildman–Crippen LogP) is 2.23. The van der Waals surface area contributed by atoms with Crippen molar-refractivity contribution in [3.63, 3.8) is 0 Å². The van der Waals surface area contributed by atoms with Crippen molar-refractivity contribution in [2.75, 3.05) is 0 Å². The van der Waals surface area contributed by atoms with E-state index in [4.69, 9.17) is 28.8 Å². The highest BCUT2D eigenvalue weighted by Gasteiger charge is 2.37. The maximum absolute atomic E-state index is 6.21. The molecule has 0 saturated carbocycles. The van der Waals surface area contributed by atoms with E-state index in [9.17, 15) is 0 Å². The second-order valence-electron chi connectivity index (χ2n) is 8.37. The van der Waals surface area contributed by atoms with Crippen LogP contribution < -0.4 is 34.3 Å². The van der Waals surface area contributed by atoms with Gasteiger partial charge in [-0.3, -0.25) is 0 Å². The normalized spacial score (nSPS) is 14.9. The second-order valence-corrected chi connectivity index (χ2v) is 8.37. The number of nitrogens with two attached hydrogens (primary N) is 5. The van der Waals surface area contributed by atoms with Crippen LogP contribution in [-0.2, 0) is 11.8 Å². The third-order valence-electron chi connectivity index (χ3n) is 5.49.